The molecule has 0 radical (unpaired) electrons. The molecule has 0 aromatic carbocycles. The molecule has 1 unspecified atom stereocenters. The van der Waals surface area contributed by atoms with Crippen LogP contribution in [0.15, 0.2) is 6.07 Å². The molecule has 1 N–H and O–H groups in total. The monoisotopic (exact) mass is 262 g/mol. The summed E-state index contributed by atoms with van der Waals surface area (Å²) in [6.45, 7) is 6.73. The van der Waals surface area contributed by atoms with Gasteiger partial charge in [0.15, 0.2) is 0 Å². The fourth-order valence-electron chi connectivity index (χ4n) is 1.10. The van der Waals surface area contributed by atoms with Crippen molar-refractivity contribution in [3.63, 3.8) is 0 Å². The van der Waals surface area contributed by atoms with Crippen molar-refractivity contribution in [3.05, 3.63) is 16.1 Å². The van der Waals surface area contributed by atoms with Crippen molar-refractivity contribution in [2.24, 2.45) is 0 Å². The van der Waals surface area contributed by atoms with Crippen LogP contribution in [0.4, 0.5) is 5.82 Å². The quantitative estimate of drug-likeness (QED) is 0.871. The van der Waals surface area contributed by atoms with Crippen LogP contribution in [0.25, 0.3) is 0 Å². The predicted octanol–water partition coefficient (Wildman–Crippen LogP) is 4.00. The molecule has 5 heteroatoms. The molecule has 0 aliphatic heterocycles. The van der Waals surface area contributed by atoms with Gasteiger partial charge < -0.3 is 10.1 Å². The first-order valence-electron chi connectivity index (χ1n) is 5.35. The lowest BCUT2D eigenvalue weighted by atomic mass is 10.3. The molecule has 1 aromatic heterocycles. The Bertz CT molecular complexity index is 358. The third-order valence-electron chi connectivity index (χ3n) is 2.13. The van der Waals surface area contributed by atoms with Crippen molar-refractivity contribution < 1.29 is 4.74 Å². The standard InChI is InChI=1S/C11H16Cl2N2O/c1-4-7(3)16-11-9(13)6-8(12)10(15-11)14-5-2/h6-7H,4-5H2,1-3H3,(H,14,15). The van der Waals surface area contributed by atoms with Gasteiger partial charge in [-0.1, -0.05) is 30.1 Å². The van der Waals surface area contributed by atoms with Gasteiger partial charge in [-0.15, -0.1) is 0 Å². The zero-order chi connectivity index (χ0) is 12.1. The fraction of sp³-hybridized carbons (Fsp3) is 0.545. The van der Waals surface area contributed by atoms with Gasteiger partial charge in [-0.3, -0.25) is 0 Å². The third-order valence-corrected chi connectivity index (χ3v) is 2.69. The molecule has 1 atom stereocenters. The lowest BCUT2D eigenvalue weighted by Crippen LogP contribution is -2.12. The van der Waals surface area contributed by atoms with Crippen molar-refractivity contribution in [1.82, 2.24) is 4.98 Å². The Morgan fingerprint density at radius 2 is 2.06 bits per heavy atom. The molecule has 0 amide bonds. The molecule has 90 valence electrons. The van der Waals surface area contributed by atoms with Crippen molar-refractivity contribution in [2.45, 2.75) is 33.3 Å². The zero-order valence-corrected chi connectivity index (χ0v) is 11.2. The average Bonchev–Trinajstić information content (AvgIpc) is 2.25. The Kier molecular flexibility index (Phi) is 5.16. The summed E-state index contributed by atoms with van der Waals surface area (Å²) in [5.74, 6) is 1.03. The summed E-state index contributed by atoms with van der Waals surface area (Å²) in [7, 11) is 0. The lowest BCUT2D eigenvalue weighted by molar-refractivity contribution is 0.209. The van der Waals surface area contributed by atoms with Gasteiger partial charge in [0.2, 0.25) is 5.88 Å². The van der Waals surface area contributed by atoms with Crippen LogP contribution < -0.4 is 10.1 Å². The van der Waals surface area contributed by atoms with Gasteiger partial charge in [-0.25, -0.2) is 0 Å². The van der Waals surface area contributed by atoms with E-state index in [2.05, 4.69) is 10.3 Å². The van der Waals surface area contributed by atoms with Gasteiger partial charge in [0.25, 0.3) is 0 Å². The first-order valence-corrected chi connectivity index (χ1v) is 6.10. The molecule has 0 aliphatic rings. The van der Waals surface area contributed by atoms with Crippen LogP contribution >= 0.6 is 23.2 Å². The van der Waals surface area contributed by atoms with E-state index in [1.807, 2.05) is 20.8 Å². The number of halogens is 2. The number of pyridine rings is 1. The highest BCUT2D eigenvalue weighted by Gasteiger charge is 2.12. The Hall–Kier alpha value is -0.670. The van der Waals surface area contributed by atoms with E-state index in [0.717, 1.165) is 13.0 Å². The highest BCUT2D eigenvalue weighted by Crippen LogP contribution is 2.31. The molecule has 16 heavy (non-hydrogen) atoms. The number of hydrogen-bond acceptors (Lipinski definition) is 3. The SMILES string of the molecule is CCNc1nc(OC(C)CC)c(Cl)cc1Cl. The van der Waals surface area contributed by atoms with Crippen LogP contribution in [-0.4, -0.2) is 17.6 Å². The Labute approximate surface area is 106 Å². The maximum atomic E-state index is 6.00. The Balaban J connectivity index is 2.95. The molecular formula is C11H16Cl2N2O. The van der Waals surface area contributed by atoms with E-state index in [9.17, 15) is 0 Å². The molecule has 1 aromatic rings. The molecule has 3 nitrogen and oxygen atoms in total. The van der Waals surface area contributed by atoms with Gasteiger partial charge >= 0.3 is 0 Å². The molecule has 0 saturated heterocycles. The second-order valence-corrected chi connectivity index (χ2v) is 4.29. The minimum absolute atomic E-state index is 0.0839. The number of ether oxygens (including phenoxy) is 1. The van der Waals surface area contributed by atoms with E-state index in [1.165, 1.54) is 0 Å². The van der Waals surface area contributed by atoms with E-state index in [-0.39, 0.29) is 6.10 Å². The lowest BCUT2D eigenvalue weighted by Gasteiger charge is -2.14. The van der Waals surface area contributed by atoms with Gasteiger partial charge in [0.1, 0.15) is 10.8 Å². The topological polar surface area (TPSA) is 34.2 Å². The highest BCUT2D eigenvalue weighted by molar-refractivity contribution is 6.36. The number of rotatable bonds is 5. The highest BCUT2D eigenvalue weighted by atomic mass is 35.5. The normalized spacial score (nSPS) is 12.3. The van der Waals surface area contributed by atoms with E-state index >= 15 is 0 Å². The summed E-state index contributed by atoms with van der Waals surface area (Å²) in [5.41, 5.74) is 0. The van der Waals surface area contributed by atoms with Gasteiger partial charge in [-0.2, -0.15) is 4.98 Å². The summed E-state index contributed by atoms with van der Waals surface area (Å²) in [4.78, 5) is 4.25. The number of anilines is 1. The van der Waals surface area contributed by atoms with Gasteiger partial charge in [0, 0.05) is 6.54 Å². The summed E-state index contributed by atoms with van der Waals surface area (Å²) in [5, 5.41) is 3.99. The number of nitrogens with zero attached hydrogens (tertiary/aromatic N) is 1. The molecular weight excluding hydrogens is 247 g/mol. The molecule has 0 saturated carbocycles. The number of aromatic nitrogens is 1. The number of nitrogens with one attached hydrogen (secondary N) is 1. The second kappa shape index (κ2) is 6.16. The molecule has 1 rings (SSSR count). The van der Waals surface area contributed by atoms with Crippen molar-refractivity contribution in [1.29, 1.82) is 0 Å². The molecule has 0 aliphatic carbocycles. The van der Waals surface area contributed by atoms with Crippen LogP contribution in [-0.2, 0) is 0 Å². The van der Waals surface area contributed by atoms with Crippen LogP contribution in [0.2, 0.25) is 10.0 Å². The largest absolute Gasteiger partial charge is 0.474 e. The molecule has 0 spiro atoms. The minimum Gasteiger partial charge on any atom is -0.474 e. The van der Waals surface area contributed by atoms with Crippen molar-refractivity contribution in [2.75, 3.05) is 11.9 Å². The van der Waals surface area contributed by atoms with E-state index in [4.69, 9.17) is 27.9 Å². The molecule has 1 heterocycles. The van der Waals surface area contributed by atoms with Crippen molar-refractivity contribution in [3.8, 4) is 5.88 Å². The predicted molar refractivity (Wildman–Crippen MR) is 68.8 cm³/mol. The summed E-state index contributed by atoms with van der Waals surface area (Å²) < 4.78 is 5.59. The number of hydrogen-bond donors (Lipinski definition) is 1. The smallest absolute Gasteiger partial charge is 0.234 e. The van der Waals surface area contributed by atoms with Gasteiger partial charge in [0.05, 0.1) is 11.1 Å². The van der Waals surface area contributed by atoms with Gasteiger partial charge in [-0.05, 0) is 26.3 Å². The summed E-state index contributed by atoms with van der Waals surface area (Å²) in [6.07, 6.45) is 0.984. The van der Waals surface area contributed by atoms with Crippen LogP contribution in [0.3, 0.4) is 0 Å². The van der Waals surface area contributed by atoms with Crippen LogP contribution in [0.5, 0.6) is 5.88 Å². The van der Waals surface area contributed by atoms with Crippen LogP contribution in [0, 0.1) is 0 Å². The van der Waals surface area contributed by atoms with Crippen LogP contribution in [0.1, 0.15) is 27.2 Å². The van der Waals surface area contributed by atoms with E-state index in [1.54, 1.807) is 6.07 Å². The second-order valence-electron chi connectivity index (χ2n) is 3.47. The first kappa shape index (κ1) is 13.4. The zero-order valence-electron chi connectivity index (χ0n) is 9.68. The Morgan fingerprint density at radius 1 is 1.38 bits per heavy atom. The van der Waals surface area contributed by atoms with E-state index < -0.39 is 0 Å². The minimum atomic E-state index is 0.0839. The van der Waals surface area contributed by atoms with E-state index in [0.29, 0.717) is 21.7 Å². The first-order chi connectivity index (χ1) is 7.58. The molecule has 0 fully saturated rings. The van der Waals surface area contributed by atoms with Crippen molar-refractivity contribution >= 4 is 29.0 Å². The third kappa shape index (κ3) is 3.42. The maximum absolute atomic E-state index is 6.00. The fourth-order valence-corrected chi connectivity index (χ4v) is 1.57. The summed E-state index contributed by atoms with van der Waals surface area (Å²) >= 11 is 12.0. The Morgan fingerprint density at radius 3 is 2.62 bits per heavy atom. The molecule has 0 bridgehead atoms. The average molecular weight is 263 g/mol. The summed E-state index contributed by atoms with van der Waals surface area (Å²) in [6, 6.07) is 1.64. The maximum Gasteiger partial charge on any atom is 0.234 e.